The van der Waals surface area contributed by atoms with Crippen LogP contribution in [0.5, 0.6) is 0 Å². The van der Waals surface area contributed by atoms with Gasteiger partial charge in [-0.05, 0) is 66.6 Å². The third kappa shape index (κ3) is 2.33. The van der Waals surface area contributed by atoms with Crippen molar-refractivity contribution in [3.05, 3.63) is 66.4 Å². The zero-order valence-corrected chi connectivity index (χ0v) is 16.3. The van der Waals surface area contributed by atoms with Crippen LogP contribution < -0.4 is 0 Å². The molecule has 2 aromatic carbocycles. The lowest BCUT2D eigenvalue weighted by Gasteiger charge is -2.64. The number of aromatic nitrogens is 1. The standard InChI is InChI=1S/C25H26N2O/c1-2-25-16-27-13-11-19(25)15-23(27)24(28-25)20-10-12-26-22-9-8-18(14-21(20)22)17-6-4-3-5-7-17/h3-10,12,14,19,23-24H,2,11,13,15-16H2,1H3/t19?,23?,24-,25?/m0/s1. The molecule has 3 heteroatoms. The highest BCUT2D eigenvalue weighted by Gasteiger charge is 2.58. The molecule has 0 spiro atoms. The van der Waals surface area contributed by atoms with Gasteiger partial charge in [0.15, 0.2) is 0 Å². The van der Waals surface area contributed by atoms with Gasteiger partial charge in [-0.1, -0.05) is 43.3 Å². The number of ether oxygens (including phenoxy) is 1. The van der Waals surface area contributed by atoms with E-state index in [1.807, 2.05) is 6.20 Å². The molecule has 4 unspecified atom stereocenters. The van der Waals surface area contributed by atoms with Crippen molar-refractivity contribution >= 4 is 10.9 Å². The van der Waals surface area contributed by atoms with Gasteiger partial charge in [0.05, 0.1) is 17.2 Å². The van der Waals surface area contributed by atoms with Crippen molar-refractivity contribution < 1.29 is 4.74 Å². The van der Waals surface area contributed by atoms with E-state index in [4.69, 9.17) is 4.74 Å². The third-order valence-corrected chi connectivity index (χ3v) is 7.47. The average Bonchev–Trinajstić information content (AvgIpc) is 2.78. The van der Waals surface area contributed by atoms with Crippen molar-refractivity contribution in [3.8, 4) is 11.1 Å². The summed E-state index contributed by atoms with van der Waals surface area (Å²) < 4.78 is 6.93. The summed E-state index contributed by atoms with van der Waals surface area (Å²) in [4.78, 5) is 7.35. The first-order valence-corrected chi connectivity index (χ1v) is 10.6. The van der Waals surface area contributed by atoms with Gasteiger partial charge in [-0.15, -0.1) is 0 Å². The largest absolute Gasteiger partial charge is 0.364 e. The third-order valence-electron chi connectivity index (χ3n) is 7.47. The molecule has 142 valence electrons. The van der Waals surface area contributed by atoms with Gasteiger partial charge in [-0.3, -0.25) is 9.88 Å². The van der Waals surface area contributed by atoms with Gasteiger partial charge in [0.25, 0.3) is 0 Å². The summed E-state index contributed by atoms with van der Waals surface area (Å²) in [5, 5.41) is 1.24. The van der Waals surface area contributed by atoms with Gasteiger partial charge in [0.1, 0.15) is 0 Å². The van der Waals surface area contributed by atoms with Crippen LogP contribution >= 0.6 is 0 Å². The minimum absolute atomic E-state index is 0.0459. The van der Waals surface area contributed by atoms with E-state index < -0.39 is 0 Å². The van der Waals surface area contributed by atoms with Gasteiger partial charge in [0, 0.05) is 24.2 Å². The number of hydrogen-bond acceptors (Lipinski definition) is 3. The van der Waals surface area contributed by atoms with Crippen molar-refractivity contribution in [2.45, 2.75) is 43.9 Å². The zero-order chi connectivity index (χ0) is 18.7. The number of fused-ring (bicyclic) bond motifs is 3. The van der Waals surface area contributed by atoms with E-state index in [2.05, 4.69) is 71.4 Å². The summed E-state index contributed by atoms with van der Waals surface area (Å²) in [6.07, 6.45) is 5.79. The fourth-order valence-electron chi connectivity index (χ4n) is 5.95. The Bertz CT molecular complexity index is 1030. The van der Waals surface area contributed by atoms with Gasteiger partial charge >= 0.3 is 0 Å². The molecule has 5 aliphatic rings. The maximum Gasteiger partial charge on any atom is 0.0995 e. The van der Waals surface area contributed by atoms with Crippen molar-refractivity contribution in [1.82, 2.24) is 9.88 Å². The predicted molar refractivity (Wildman–Crippen MR) is 112 cm³/mol. The lowest BCUT2D eigenvalue weighted by Crippen LogP contribution is -2.70. The second kappa shape index (κ2) is 6.13. The lowest BCUT2D eigenvalue weighted by molar-refractivity contribution is -0.274. The minimum Gasteiger partial charge on any atom is -0.364 e. The van der Waals surface area contributed by atoms with Crippen LogP contribution in [0.1, 0.15) is 37.9 Å². The lowest BCUT2D eigenvalue weighted by atomic mass is 9.66. The van der Waals surface area contributed by atoms with Crippen LogP contribution in [0, 0.1) is 5.92 Å². The molecule has 4 bridgehead atoms. The van der Waals surface area contributed by atoms with Crippen molar-refractivity contribution in [2.75, 3.05) is 13.1 Å². The van der Waals surface area contributed by atoms with Crippen LogP contribution in [-0.4, -0.2) is 34.6 Å². The second-order valence-electron chi connectivity index (χ2n) is 8.71. The number of nitrogens with zero attached hydrogens (tertiary/aromatic N) is 2. The van der Waals surface area contributed by atoms with Crippen molar-refractivity contribution in [3.63, 3.8) is 0 Å². The zero-order valence-electron chi connectivity index (χ0n) is 16.3. The molecule has 28 heavy (non-hydrogen) atoms. The van der Waals surface area contributed by atoms with Crippen LogP contribution in [0.15, 0.2) is 60.8 Å². The molecule has 0 saturated carbocycles. The van der Waals surface area contributed by atoms with Crippen LogP contribution in [0.4, 0.5) is 0 Å². The Balaban J connectivity index is 1.48. The average molecular weight is 370 g/mol. The Morgan fingerprint density at radius 1 is 1.11 bits per heavy atom. The highest BCUT2D eigenvalue weighted by atomic mass is 16.5. The number of benzene rings is 2. The fourth-order valence-corrected chi connectivity index (χ4v) is 5.95. The monoisotopic (exact) mass is 370 g/mol. The maximum absolute atomic E-state index is 6.93. The summed E-state index contributed by atoms with van der Waals surface area (Å²) in [7, 11) is 0. The first-order chi connectivity index (χ1) is 13.8. The fraction of sp³-hybridized carbons (Fsp3) is 0.400. The van der Waals surface area contributed by atoms with Gasteiger partial charge < -0.3 is 4.74 Å². The number of piperidine rings is 3. The number of rotatable bonds is 3. The normalized spacial score (nSPS) is 33.5. The minimum atomic E-state index is 0.0459. The molecular formula is C25H26N2O. The Kier molecular flexibility index (Phi) is 3.66. The van der Waals surface area contributed by atoms with Gasteiger partial charge in [0.2, 0.25) is 0 Å². The van der Waals surface area contributed by atoms with E-state index >= 15 is 0 Å². The molecule has 6 heterocycles. The Morgan fingerprint density at radius 3 is 2.79 bits per heavy atom. The van der Waals surface area contributed by atoms with Crippen LogP contribution in [-0.2, 0) is 4.74 Å². The topological polar surface area (TPSA) is 25.4 Å². The number of hydrogen-bond donors (Lipinski definition) is 0. The quantitative estimate of drug-likeness (QED) is 0.632. The second-order valence-corrected chi connectivity index (χ2v) is 8.71. The molecule has 0 aliphatic carbocycles. The van der Waals surface area contributed by atoms with Crippen LogP contribution in [0.2, 0.25) is 0 Å². The van der Waals surface area contributed by atoms with Crippen molar-refractivity contribution in [2.24, 2.45) is 5.92 Å². The molecule has 0 amide bonds. The van der Waals surface area contributed by atoms with Gasteiger partial charge in [-0.2, -0.15) is 0 Å². The molecule has 5 fully saturated rings. The van der Waals surface area contributed by atoms with E-state index in [0.717, 1.165) is 24.4 Å². The smallest absolute Gasteiger partial charge is 0.0995 e. The summed E-state index contributed by atoms with van der Waals surface area (Å²) >= 11 is 0. The summed E-state index contributed by atoms with van der Waals surface area (Å²) in [6, 6.07) is 20.0. The van der Waals surface area contributed by atoms with E-state index in [-0.39, 0.29) is 11.7 Å². The van der Waals surface area contributed by atoms with Gasteiger partial charge in [-0.25, -0.2) is 0 Å². The predicted octanol–water partition coefficient (Wildman–Crippen LogP) is 5.22. The summed E-state index contributed by atoms with van der Waals surface area (Å²) in [6.45, 7) is 4.65. The van der Waals surface area contributed by atoms with E-state index in [0.29, 0.717) is 6.04 Å². The van der Waals surface area contributed by atoms with E-state index in [9.17, 15) is 0 Å². The summed E-state index contributed by atoms with van der Waals surface area (Å²) in [5.74, 6) is 0.733. The maximum atomic E-state index is 6.93. The molecule has 0 radical (unpaired) electrons. The Hall–Kier alpha value is -2.23. The Labute approximate surface area is 166 Å². The highest BCUT2D eigenvalue weighted by Crippen LogP contribution is 2.54. The SMILES string of the molecule is CCC12CN3CCC1CC3[C@H](c1ccnc3ccc(-c4ccccc4)cc13)O2. The molecule has 5 saturated heterocycles. The first-order valence-electron chi connectivity index (χ1n) is 10.6. The molecule has 3 aromatic rings. The first kappa shape index (κ1) is 16.7. The molecule has 3 nitrogen and oxygen atoms in total. The Morgan fingerprint density at radius 2 is 2.00 bits per heavy atom. The van der Waals surface area contributed by atoms with Crippen LogP contribution in [0.25, 0.3) is 22.0 Å². The number of morpholine rings is 1. The molecule has 0 N–H and O–H groups in total. The van der Waals surface area contributed by atoms with Crippen LogP contribution in [0.3, 0.4) is 0 Å². The number of pyridine rings is 1. The van der Waals surface area contributed by atoms with Crippen molar-refractivity contribution in [1.29, 1.82) is 0 Å². The highest BCUT2D eigenvalue weighted by molar-refractivity contribution is 5.87. The summed E-state index contributed by atoms with van der Waals surface area (Å²) in [5.41, 5.74) is 4.92. The molecule has 5 atom stereocenters. The van der Waals surface area contributed by atoms with E-state index in [1.165, 1.54) is 41.5 Å². The molecule has 5 aliphatic heterocycles. The molecule has 1 aromatic heterocycles. The van der Waals surface area contributed by atoms with E-state index in [1.54, 1.807) is 0 Å². The molecular weight excluding hydrogens is 344 g/mol. The molecule has 8 rings (SSSR count).